The first-order chi connectivity index (χ1) is 20.5. The number of amidine groups is 1. The molecule has 0 atom stereocenters. The maximum Gasteiger partial charge on any atom is 0.348 e. The van der Waals surface area contributed by atoms with Crippen LogP contribution in [0.25, 0.3) is 5.76 Å². The van der Waals surface area contributed by atoms with Gasteiger partial charge in [0.25, 0.3) is 5.69 Å². The number of carbonyl (C=O) groups excluding carboxylic acids is 2. The Morgan fingerprint density at radius 3 is 1.95 bits per heavy atom. The number of non-ortho nitro benzene ring substituents is 1. The van der Waals surface area contributed by atoms with Crippen molar-refractivity contribution in [1.29, 1.82) is 0 Å². The highest BCUT2D eigenvalue weighted by molar-refractivity contribution is 6.21. The third-order valence-corrected chi connectivity index (χ3v) is 6.70. The lowest BCUT2D eigenvalue weighted by atomic mass is 10.0. The van der Waals surface area contributed by atoms with E-state index in [9.17, 15) is 19.7 Å². The van der Waals surface area contributed by atoms with Crippen LogP contribution in [0.15, 0.2) is 137 Å². The molecule has 0 N–H and O–H groups in total. The number of methoxy groups -OCH3 is 1. The molecular weight excluding hydrogens is 536 g/mol. The fourth-order valence-corrected chi connectivity index (χ4v) is 4.79. The topological polar surface area (TPSA) is 115 Å². The van der Waals surface area contributed by atoms with Crippen molar-refractivity contribution in [2.75, 3.05) is 17.0 Å². The van der Waals surface area contributed by atoms with Crippen LogP contribution >= 0.6 is 0 Å². The van der Waals surface area contributed by atoms with E-state index in [0.29, 0.717) is 22.8 Å². The number of para-hydroxylation sites is 2. The maximum atomic E-state index is 13.8. The van der Waals surface area contributed by atoms with E-state index >= 15 is 0 Å². The Morgan fingerprint density at radius 2 is 1.38 bits per heavy atom. The fraction of sp³-hybridized carbons (Fsp3) is 0.0312. The predicted octanol–water partition coefficient (Wildman–Crippen LogP) is 5.64. The van der Waals surface area contributed by atoms with E-state index in [4.69, 9.17) is 14.6 Å². The molecule has 0 radical (unpaired) electrons. The van der Waals surface area contributed by atoms with Crippen molar-refractivity contribution in [3.8, 4) is 0 Å². The molecule has 2 heterocycles. The van der Waals surface area contributed by atoms with Gasteiger partial charge in [0.1, 0.15) is 11.1 Å². The van der Waals surface area contributed by atoms with Gasteiger partial charge < -0.3 is 9.47 Å². The van der Waals surface area contributed by atoms with Crippen LogP contribution < -0.4 is 9.91 Å². The molecule has 0 spiro atoms. The van der Waals surface area contributed by atoms with E-state index in [0.717, 1.165) is 5.56 Å². The molecule has 0 aliphatic carbocycles. The molecule has 206 valence electrons. The van der Waals surface area contributed by atoms with E-state index in [1.165, 1.54) is 31.4 Å². The molecule has 6 rings (SSSR count). The van der Waals surface area contributed by atoms with E-state index in [1.807, 2.05) is 91.0 Å². The van der Waals surface area contributed by atoms with Crippen LogP contribution in [0.2, 0.25) is 0 Å². The average Bonchev–Trinajstić information content (AvgIpc) is 3.60. The maximum absolute atomic E-state index is 13.8. The zero-order valence-corrected chi connectivity index (χ0v) is 22.2. The van der Waals surface area contributed by atoms with Gasteiger partial charge in [0.05, 0.1) is 17.7 Å². The summed E-state index contributed by atoms with van der Waals surface area (Å²) < 4.78 is 10.9. The summed E-state index contributed by atoms with van der Waals surface area (Å²) in [5, 5.41) is 17.8. The summed E-state index contributed by atoms with van der Waals surface area (Å²) in [6.07, 6.45) is 0. The number of nitrogens with zero attached hydrogens (tertiary/aromatic N) is 4. The number of benzene rings is 4. The molecule has 0 aromatic heterocycles. The second-order valence-electron chi connectivity index (χ2n) is 9.20. The first-order valence-electron chi connectivity index (χ1n) is 12.9. The number of nitro benzene ring substituents is 1. The lowest BCUT2D eigenvalue weighted by Crippen LogP contribution is -2.32. The van der Waals surface area contributed by atoms with Gasteiger partial charge in [-0.2, -0.15) is 0 Å². The number of hydrogen-bond donors (Lipinski definition) is 0. The van der Waals surface area contributed by atoms with E-state index < -0.39 is 16.9 Å². The standard InChI is InChI=1S/C32H22N4O6/c1-41-31(37)26-27(32(38)42-28(26)21-17-19-25(20-18-21)36(39)40)30-34(23-13-7-3-8-14-23)29(22-11-5-2-6-12-22)33-35(30)24-15-9-4-10-16-24/h2-20H,1H3/b30-27-. The second-order valence-corrected chi connectivity index (χ2v) is 9.20. The Balaban J connectivity index is 1.66. The molecule has 4 aromatic rings. The van der Waals surface area contributed by atoms with Gasteiger partial charge in [-0.1, -0.05) is 66.7 Å². The van der Waals surface area contributed by atoms with Gasteiger partial charge in [-0.25, -0.2) is 14.6 Å². The molecule has 42 heavy (non-hydrogen) atoms. The molecule has 0 saturated carbocycles. The first kappa shape index (κ1) is 26.2. The summed E-state index contributed by atoms with van der Waals surface area (Å²) in [5.74, 6) is -0.919. The van der Waals surface area contributed by atoms with Crippen LogP contribution in [0.4, 0.5) is 17.1 Å². The van der Waals surface area contributed by atoms with Crippen LogP contribution in [0.3, 0.4) is 0 Å². The Labute approximate surface area is 240 Å². The largest absolute Gasteiger partial charge is 0.465 e. The molecule has 10 heteroatoms. The Morgan fingerprint density at radius 1 is 0.810 bits per heavy atom. The van der Waals surface area contributed by atoms with Crippen LogP contribution in [-0.2, 0) is 19.1 Å². The lowest BCUT2D eigenvalue weighted by molar-refractivity contribution is -0.384. The SMILES string of the molecule is COC(=O)C1=C(c2ccc([N+](=O)[O-])cc2)OC(=O)/C1=C1\N(c2ccccc2)N=C(c2ccccc2)N1c1ccccc1. The number of hydrazone groups is 1. The summed E-state index contributed by atoms with van der Waals surface area (Å²) >= 11 is 0. The molecule has 0 saturated heterocycles. The van der Waals surface area contributed by atoms with Crippen molar-refractivity contribution in [2.45, 2.75) is 0 Å². The van der Waals surface area contributed by atoms with Crippen LogP contribution in [0.1, 0.15) is 11.1 Å². The smallest absolute Gasteiger partial charge is 0.348 e. The Bertz CT molecular complexity index is 1780. The van der Waals surface area contributed by atoms with Gasteiger partial charge in [0.2, 0.25) is 0 Å². The molecular formula is C32H22N4O6. The third kappa shape index (κ3) is 4.56. The zero-order valence-electron chi connectivity index (χ0n) is 22.2. The number of esters is 2. The van der Waals surface area contributed by atoms with Crippen molar-refractivity contribution in [3.63, 3.8) is 0 Å². The monoisotopic (exact) mass is 558 g/mol. The summed E-state index contributed by atoms with van der Waals surface area (Å²) in [6, 6.07) is 33.4. The fourth-order valence-electron chi connectivity index (χ4n) is 4.79. The number of anilines is 2. The highest BCUT2D eigenvalue weighted by atomic mass is 16.6. The summed E-state index contributed by atoms with van der Waals surface area (Å²) in [5.41, 5.74) is 2.03. The van der Waals surface area contributed by atoms with Crippen LogP contribution in [0.5, 0.6) is 0 Å². The lowest BCUT2D eigenvalue weighted by Gasteiger charge is -2.26. The summed E-state index contributed by atoms with van der Waals surface area (Å²) in [6.45, 7) is 0. The molecule has 10 nitrogen and oxygen atoms in total. The van der Waals surface area contributed by atoms with Crippen molar-refractivity contribution in [1.82, 2.24) is 0 Å². The van der Waals surface area contributed by atoms with Gasteiger partial charge in [0, 0.05) is 28.9 Å². The van der Waals surface area contributed by atoms with E-state index in [-0.39, 0.29) is 28.4 Å². The number of hydrogen-bond acceptors (Lipinski definition) is 9. The molecule has 2 aliphatic heterocycles. The minimum Gasteiger partial charge on any atom is -0.465 e. The predicted molar refractivity (Wildman–Crippen MR) is 156 cm³/mol. The molecule has 4 aromatic carbocycles. The van der Waals surface area contributed by atoms with Gasteiger partial charge >= 0.3 is 11.9 Å². The Kier molecular flexibility index (Phi) is 6.77. The molecule has 0 fully saturated rings. The van der Waals surface area contributed by atoms with Gasteiger partial charge in [-0.15, -0.1) is 5.10 Å². The average molecular weight is 559 g/mol. The van der Waals surface area contributed by atoms with Crippen molar-refractivity contribution < 1.29 is 24.0 Å². The van der Waals surface area contributed by atoms with Gasteiger partial charge in [0.15, 0.2) is 17.4 Å². The van der Waals surface area contributed by atoms with Crippen molar-refractivity contribution in [2.24, 2.45) is 5.10 Å². The zero-order chi connectivity index (χ0) is 29.2. The molecule has 0 amide bonds. The van der Waals surface area contributed by atoms with Crippen LogP contribution in [-0.4, -0.2) is 29.8 Å². The number of cyclic esters (lactones) is 1. The highest BCUT2D eigenvalue weighted by Gasteiger charge is 2.45. The quantitative estimate of drug-likeness (QED) is 0.129. The highest BCUT2D eigenvalue weighted by Crippen LogP contribution is 2.42. The number of nitro groups is 1. The van der Waals surface area contributed by atoms with Gasteiger partial charge in [-0.3, -0.25) is 15.0 Å². The minimum atomic E-state index is -0.814. The molecule has 0 bridgehead atoms. The normalized spacial score (nSPS) is 16.4. The van der Waals surface area contributed by atoms with Crippen molar-refractivity contribution in [3.05, 3.63) is 153 Å². The van der Waals surface area contributed by atoms with E-state index in [2.05, 4.69) is 0 Å². The van der Waals surface area contributed by atoms with Crippen LogP contribution in [0, 0.1) is 10.1 Å². The molecule has 0 unspecified atom stereocenters. The van der Waals surface area contributed by atoms with Gasteiger partial charge in [-0.05, 0) is 36.4 Å². The molecule has 2 aliphatic rings. The minimum absolute atomic E-state index is 0.0709. The second kappa shape index (κ2) is 10.9. The number of carbonyl (C=O) groups is 2. The number of rotatable bonds is 6. The first-order valence-corrected chi connectivity index (χ1v) is 12.9. The Hall–Kier alpha value is -6.03. The van der Waals surface area contributed by atoms with Crippen molar-refractivity contribution >= 4 is 40.6 Å². The summed E-state index contributed by atoms with van der Waals surface area (Å²) in [4.78, 5) is 39.7. The third-order valence-electron chi connectivity index (χ3n) is 6.70. The number of ether oxygens (including phenoxy) is 2. The summed E-state index contributed by atoms with van der Waals surface area (Å²) in [7, 11) is 1.21. The van der Waals surface area contributed by atoms with E-state index in [1.54, 1.807) is 9.91 Å².